The maximum absolute atomic E-state index is 12.6. The molecule has 27 heavy (non-hydrogen) atoms. The predicted molar refractivity (Wildman–Crippen MR) is 105 cm³/mol. The highest BCUT2D eigenvalue weighted by Crippen LogP contribution is 2.20. The number of nitrogens with zero attached hydrogens (tertiary/aromatic N) is 3. The van der Waals surface area contributed by atoms with Crippen molar-refractivity contribution in [2.24, 2.45) is 0 Å². The van der Waals surface area contributed by atoms with Gasteiger partial charge in [0.15, 0.2) is 5.82 Å². The fourth-order valence-corrected chi connectivity index (χ4v) is 2.24. The minimum Gasteiger partial charge on any atom is -0.444 e. The molecule has 1 aromatic rings. The summed E-state index contributed by atoms with van der Waals surface area (Å²) in [5, 5.41) is 2.64. The number of amides is 2. The molecule has 0 spiro atoms. The number of alkyl carbamates (subject to hydrolysis) is 1. The topological polar surface area (TPSA) is 93.7 Å². The number of carbonyl (C=O) groups is 2. The smallest absolute Gasteiger partial charge is 0.410 e. The highest BCUT2D eigenvalue weighted by atomic mass is 79.9. The summed E-state index contributed by atoms with van der Waals surface area (Å²) in [5.74, 6) is 0.473. The summed E-state index contributed by atoms with van der Waals surface area (Å²) in [7, 11) is 0. The second kappa shape index (κ2) is 9.34. The van der Waals surface area contributed by atoms with Crippen LogP contribution in [0.2, 0.25) is 0 Å². The first-order valence-corrected chi connectivity index (χ1v) is 9.52. The molecular weight excluding hydrogens is 416 g/mol. The molecule has 0 saturated carbocycles. The van der Waals surface area contributed by atoms with E-state index in [1.54, 1.807) is 60.9 Å². The summed E-state index contributed by atoms with van der Waals surface area (Å²) >= 11 is 3.29. The fourth-order valence-electron chi connectivity index (χ4n) is 2.03. The number of rotatable bonds is 5. The van der Waals surface area contributed by atoms with Gasteiger partial charge in [-0.2, -0.15) is 0 Å². The molecule has 0 aliphatic heterocycles. The predicted octanol–water partition coefficient (Wildman–Crippen LogP) is 4.06. The van der Waals surface area contributed by atoms with E-state index in [0.717, 1.165) is 4.47 Å². The molecule has 1 N–H and O–H groups in total. The van der Waals surface area contributed by atoms with Crippen LogP contribution in [0.5, 0.6) is 0 Å². The zero-order valence-corrected chi connectivity index (χ0v) is 18.6. The van der Waals surface area contributed by atoms with Crippen LogP contribution >= 0.6 is 15.9 Å². The lowest BCUT2D eigenvalue weighted by atomic mass is 10.2. The Balaban J connectivity index is 2.83. The SMILES string of the molecule is CC(c1ncc(Br)cn1)N(CCNC(=O)OC(C)(C)C)C(=O)OC(C)(C)C. The van der Waals surface area contributed by atoms with E-state index in [4.69, 9.17) is 9.47 Å². The van der Waals surface area contributed by atoms with Crippen LogP contribution in [0.4, 0.5) is 9.59 Å². The Bertz CT molecular complexity index is 638. The van der Waals surface area contributed by atoms with Crippen LogP contribution in [0.25, 0.3) is 0 Å². The van der Waals surface area contributed by atoms with E-state index >= 15 is 0 Å². The van der Waals surface area contributed by atoms with E-state index in [9.17, 15) is 9.59 Å². The van der Waals surface area contributed by atoms with E-state index in [-0.39, 0.29) is 13.1 Å². The third kappa shape index (κ3) is 9.03. The van der Waals surface area contributed by atoms with Crippen LogP contribution in [0.3, 0.4) is 0 Å². The Kier molecular flexibility index (Phi) is 8.01. The Morgan fingerprint density at radius 1 is 1.11 bits per heavy atom. The lowest BCUT2D eigenvalue weighted by Crippen LogP contribution is -2.43. The molecular formula is C18H29BrN4O4. The average molecular weight is 445 g/mol. The monoisotopic (exact) mass is 444 g/mol. The van der Waals surface area contributed by atoms with Gasteiger partial charge in [0.2, 0.25) is 0 Å². The van der Waals surface area contributed by atoms with Gasteiger partial charge in [-0.15, -0.1) is 0 Å². The summed E-state index contributed by atoms with van der Waals surface area (Å²) in [6, 6.07) is -0.437. The maximum Gasteiger partial charge on any atom is 0.410 e. The molecule has 0 aliphatic carbocycles. The van der Waals surface area contributed by atoms with Gasteiger partial charge in [-0.1, -0.05) is 0 Å². The first kappa shape index (κ1) is 23.1. The summed E-state index contributed by atoms with van der Waals surface area (Å²) < 4.78 is 11.4. The molecule has 1 aromatic heterocycles. The van der Waals surface area contributed by atoms with E-state index in [2.05, 4.69) is 31.2 Å². The minimum absolute atomic E-state index is 0.203. The zero-order chi connectivity index (χ0) is 20.8. The number of nitrogens with one attached hydrogen (secondary N) is 1. The average Bonchev–Trinajstić information content (AvgIpc) is 2.48. The summed E-state index contributed by atoms with van der Waals surface area (Å²) in [4.78, 5) is 34.4. The Morgan fingerprint density at radius 3 is 2.11 bits per heavy atom. The fraction of sp³-hybridized carbons (Fsp3) is 0.667. The second-order valence-corrected chi connectivity index (χ2v) is 8.95. The van der Waals surface area contributed by atoms with Crippen LogP contribution < -0.4 is 5.32 Å². The van der Waals surface area contributed by atoms with Gasteiger partial charge >= 0.3 is 12.2 Å². The van der Waals surface area contributed by atoms with Crippen molar-refractivity contribution in [3.05, 3.63) is 22.7 Å². The molecule has 152 valence electrons. The van der Waals surface area contributed by atoms with Crippen molar-refractivity contribution in [2.75, 3.05) is 13.1 Å². The van der Waals surface area contributed by atoms with Gasteiger partial charge in [0.25, 0.3) is 0 Å². The second-order valence-electron chi connectivity index (χ2n) is 8.04. The van der Waals surface area contributed by atoms with Crippen LogP contribution in [-0.2, 0) is 9.47 Å². The lowest BCUT2D eigenvalue weighted by molar-refractivity contribution is 0.0158. The van der Waals surface area contributed by atoms with Gasteiger partial charge in [0, 0.05) is 25.5 Å². The van der Waals surface area contributed by atoms with Crippen LogP contribution in [0.1, 0.15) is 60.3 Å². The molecule has 8 nitrogen and oxygen atoms in total. The summed E-state index contributed by atoms with van der Waals surface area (Å²) in [6.07, 6.45) is 2.18. The normalized spacial score (nSPS) is 12.9. The van der Waals surface area contributed by atoms with E-state index < -0.39 is 29.4 Å². The van der Waals surface area contributed by atoms with Gasteiger partial charge in [-0.3, -0.25) is 4.90 Å². The van der Waals surface area contributed by atoms with Crippen molar-refractivity contribution < 1.29 is 19.1 Å². The molecule has 0 bridgehead atoms. The quantitative estimate of drug-likeness (QED) is 0.735. The molecule has 0 aliphatic rings. The maximum atomic E-state index is 12.6. The molecule has 1 heterocycles. The highest BCUT2D eigenvalue weighted by Gasteiger charge is 2.28. The van der Waals surface area contributed by atoms with E-state index in [1.807, 2.05) is 0 Å². The lowest BCUT2D eigenvalue weighted by Gasteiger charge is -2.31. The largest absolute Gasteiger partial charge is 0.444 e. The molecule has 1 unspecified atom stereocenters. The Morgan fingerprint density at radius 2 is 1.63 bits per heavy atom. The summed E-state index contributed by atoms with van der Waals surface area (Å²) in [5.41, 5.74) is -1.23. The molecule has 0 fully saturated rings. The van der Waals surface area contributed by atoms with Crippen molar-refractivity contribution in [3.8, 4) is 0 Å². The van der Waals surface area contributed by atoms with Gasteiger partial charge in [-0.25, -0.2) is 19.6 Å². The van der Waals surface area contributed by atoms with Crippen LogP contribution in [-0.4, -0.2) is 51.3 Å². The van der Waals surface area contributed by atoms with Gasteiger partial charge in [0.1, 0.15) is 11.2 Å². The molecule has 1 rings (SSSR count). The van der Waals surface area contributed by atoms with Gasteiger partial charge < -0.3 is 14.8 Å². The third-order valence-corrected chi connectivity index (χ3v) is 3.54. The van der Waals surface area contributed by atoms with Gasteiger partial charge in [0.05, 0.1) is 10.5 Å². The minimum atomic E-state index is -0.645. The van der Waals surface area contributed by atoms with Crippen molar-refractivity contribution in [1.29, 1.82) is 0 Å². The first-order chi connectivity index (χ1) is 12.3. The molecule has 0 radical (unpaired) electrons. The molecule has 9 heteroatoms. The van der Waals surface area contributed by atoms with Crippen LogP contribution in [0, 0.1) is 0 Å². The van der Waals surface area contributed by atoms with E-state index in [0.29, 0.717) is 5.82 Å². The van der Waals surface area contributed by atoms with Crippen molar-refractivity contribution in [3.63, 3.8) is 0 Å². The third-order valence-electron chi connectivity index (χ3n) is 3.13. The number of halogens is 1. The van der Waals surface area contributed by atoms with E-state index in [1.165, 1.54) is 4.90 Å². The molecule has 2 amide bonds. The zero-order valence-electron chi connectivity index (χ0n) is 17.0. The summed E-state index contributed by atoms with van der Waals surface area (Å²) in [6.45, 7) is 13.0. The Labute approximate surface area is 169 Å². The van der Waals surface area contributed by atoms with Crippen molar-refractivity contribution in [1.82, 2.24) is 20.2 Å². The number of ether oxygens (including phenoxy) is 2. The number of hydrogen-bond donors (Lipinski definition) is 1. The standard InChI is InChI=1S/C18H29BrN4O4/c1-12(14-21-10-13(19)11-22-14)23(16(25)27-18(5,6)7)9-8-20-15(24)26-17(2,3)4/h10-12H,8-9H2,1-7H3,(H,20,24). The molecule has 0 saturated heterocycles. The van der Waals surface area contributed by atoms with Gasteiger partial charge in [-0.05, 0) is 64.4 Å². The molecule has 1 atom stereocenters. The Hall–Kier alpha value is -1.90. The molecule has 0 aromatic carbocycles. The van der Waals surface area contributed by atoms with Crippen molar-refractivity contribution >= 4 is 28.1 Å². The first-order valence-electron chi connectivity index (χ1n) is 8.72. The number of carbonyl (C=O) groups excluding carboxylic acids is 2. The highest BCUT2D eigenvalue weighted by molar-refractivity contribution is 9.10. The van der Waals surface area contributed by atoms with Crippen LogP contribution in [0.15, 0.2) is 16.9 Å². The number of aromatic nitrogens is 2. The van der Waals surface area contributed by atoms with Crippen molar-refractivity contribution in [2.45, 2.75) is 65.7 Å². The number of hydrogen-bond acceptors (Lipinski definition) is 6.